The highest BCUT2D eigenvalue weighted by Crippen LogP contribution is 2.30. The van der Waals surface area contributed by atoms with Crippen LogP contribution in [-0.4, -0.2) is 34.6 Å². The van der Waals surface area contributed by atoms with Crippen LogP contribution in [0.2, 0.25) is 0 Å². The molecule has 12 heteroatoms. The molecule has 0 unspecified atom stereocenters. The molecule has 0 aliphatic heterocycles. The minimum Gasteiger partial charge on any atom is -0.333 e. The minimum atomic E-state index is -4.37. The zero-order valence-corrected chi connectivity index (χ0v) is 19.0. The number of nitrogens with zero attached hydrogens (tertiary/aromatic N) is 4. The maximum atomic E-state index is 12.8. The highest BCUT2D eigenvalue weighted by Gasteiger charge is 2.30. The first kappa shape index (κ1) is 23.5. The van der Waals surface area contributed by atoms with Crippen molar-refractivity contribution in [2.24, 2.45) is 7.05 Å². The van der Waals surface area contributed by atoms with Gasteiger partial charge in [0.1, 0.15) is 0 Å². The van der Waals surface area contributed by atoms with E-state index in [1.54, 1.807) is 42.2 Å². The summed E-state index contributed by atoms with van der Waals surface area (Å²) < 4.78 is 70.8. The molecule has 4 rings (SSSR count). The van der Waals surface area contributed by atoms with Crippen LogP contribution in [0.1, 0.15) is 16.8 Å². The number of rotatable bonds is 7. The fourth-order valence-electron chi connectivity index (χ4n) is 3.45. The molecule has 0 spiro atoms. The zero-order chi connectivity index (χ0) is 24.5. The summed E-state index contributed by atoms with van der Waals surface area (Å²) in [5, 5.41) is 8.25. The predicted molar refractivity (Wildman–Crippen MR) is 119 cm³/mol. The van der Waals surface area contributed by atoms with E-state index in [2.05, 4.69) is 20.0 Å². The number of sulfonamides is 1. The maximum Gasteiger partial charge on any atom is 0.416 e. The van der Waals surface area contributed by atoms with Crippen molar-refractivity contribution in [3.63, 3.8) is 0 Å². The third kappa shape index (κ3) is 5.45. The van der Waals surface area contributed by atoms with Gasteiger partial charge < -0.3 is 4.52 Å². The van der Waals surface area contributed by atoms with Crippen LogP contribution in [0.4, 0.5) is 18.9 Å². The standard InChI is InChI=1S/C22H20F3N5O3S/c1-30-19(11-8-14-6-9-16(10-7-14)22(23,24)25)18(13-26-30)21-27-20(28-33-21)15-4-3-5-17(12-15)29-34(2,31)32/h3-7,9-10,12-13,29H,8,11H2,1-2H3. The summed E-state index contributed by atoms with van der Waals surface area (Å²) in [6, 6.07) is 11.6. The maximum absolute atomic E-state index is 12.8. The van der Waals surface area contributed by atoms with Crippen LogP contribution in [0.3, 0.4) is 0 Å². The molecule has 2 aromatic heterocycles. The van der Waals surface area contributed by atoms with Gasteiger partial charge in [-0.25, -0.2) is 8.42 Å². The van der Waals surface area contributed by atoms with Gasteiger partial charge in [-0.3, -0.25) is 9.40 Å². The van der Waals surface area contributed by atoms with E-state index in [0.717, 1.165) is 29.6 Å². The van der Waals surface area contributed by atoms with Gasteiger partial charge in [-0.2, -0.15) is 23.3 Å². The largest absolute Gasteiger partial charge is 0.416 e. The number of hydrogen-bond acceptors (Lipinski definition) is 6. The lowest BCUT2D eigenvalue weighted by molar-refractivity contribution is -0.137. The second-order valence-electron chi connectivity index (χ2n) is 7.70. The van der Waals surface area contributed by atoms with Crippen molar-refractivity contribution < 1.29 is 26.1 Å². The minimum absolute atomic E-state index is 0.229. The molecule has 2 heterocycles. The van der Waals surface area contributed by atoms with Crippen LogP contribution in [0.15, 0.2) is 59.3 Å². The summed E-state index contributed by atoms with van der Waals surface area (Å²) in [7, 11) is -1.68. The summed E-state index contributed by atoms with van der Waals surface area (Å²) in [5.74, 6) is 0.497. The molecule has 0 fully saturated rings. The first-order chi connectivity index (χ1) is 16.0. The Bertz CT molecular complexity index is 1410. The Morgan fingerprint density at radius 2 is 1.82 bits per heavy atom. The number of benzene rings is 2. The van der Waals surface area contributed by atoms with Crippen molar-refractivity contribution >= 4 is 15.7 Å². The van der Waals surface area contributed by atoms with Crippen molar-refractivity contribution in [2.75, 3.05) is 11.0 Å². The Kier molecular flexibility index (Phi) is 6.17. The molecule has 178 valence electrons. The number of nitrogens with one attached hydrogen (secondary N) is 1. The first-order valence-corrected chi connectivity index (χ1v) is 12.0. The van der Waals surface area contributed by atoms with Crippen LogP contribution in [-0.2, 0) is 36.1 Å². The van der Waals surface area contributed by atoms with E-state index >= 15 is 0 Å². The number of hydrogen-bond donors (Lipinski definition) is 1. The normalized spacial score (nSPS) is 12.1. The summed E-state index contributed by atoms with van der Waals surface area (Å²) >= 11 is 0. The SMILES string of the molecule is Cn1ncc(-c2nc(-c3cccc(NS(C)(=O)=O)c3)no2)c1CCc1ccc(C(F)(F)F)cc1. The summed E-state index contributed by atoms with van der Waals surface area (Å²) in [5.41, 5.74) is 2.37. The fourth-order valence-corrected chi connectivity index (χ4v) is 4.00. The zero-order valence-electron chi connectivity index (χ0n) is 18.2. The van der Waals surface area contributed by atoms with E-state index in [-0.39, 0.29) is 11.7 Å². The van der Waals surface area contributed by atoms with Crippen molar-refractivity contribution in [2.45, 2.75) is 19.0 Å². The van der Waals surface area contributed by atoms with Gasteiger partial charge in [0.15, 0.2) is 0 Å². The van der Waals surface area contributed by atoms with E-state index in [0.29, 0.717) is 29.7 Å². The van der Waals surface area contributed by atoms with Gasteiger partial charge in [0.25, 0.3) is 5.89 Å². The number of aryl methyl sites for hydroxylation is 2. The third-order valence-corrected chi connectivity index (χ3v) is 5.68. The molecule has 0 bridgehead atoms. The lowest BCUT2D eigenvalue weighted by Gasteiger charge is -2.08. The lowest BCUT2D eigenvalue weighted by atomic mass is 10.0. The van der Waals surface area contributed by atoms with E-state index in [1.165, 1.54) is 12.1 Å². The highest BCUT2D eigenvalue weighted by atomic mass is 32.2. The smallest absolute Gasteiger partial charge is 0.333 e. The molecule has 1 N–H and O–H groups in total. The van der Waals surface area contributed by atoms with Gasteiger partial charge in [0, 0.05) is 18.3 Å². The van der Waals surface area contributed by atoms with Gasteiger partial charge in [-0.1, -0.05) is 29.4 Å². The number of aromatic nitrogens is 4. The third-order valence-electron chi connectivity index (χ3n) is 5.07. The Labute approximate surface area is 193 Å². The Morgan fingerprint density at radius 1 is 1.09 bits per heavy atom. The average Bonchev–Trinajstić information content (AvgIpc) is 3.38. The van der Waals surface area contributed by atoms with E-state index in [4.69, 9.17) is 4.52 Å². The Balaban J connectivity index is 1.53. The highest BCUT2D eigenvalue weighted by molar-refractivity contribution is 7.92. The van der Waals surface area contributed by atoms with E-state index in [1.807, 2.05) is 0 Å². The van der Waals surface area contributed by atoms with Crippen molar-refractivity contribution in [3.8, 4) is 22.8 Å². The Morgan fingerprint density at radius 3 is 2.50 bits per heavy atom. The summed E-state index contributed by atoms with van der Waals surface area (Å²) in [6.07, 6.45) is -0.751. The van der Waals surface area contributed by atoms with Crippen molar-refractivity contribution in [3.05, 3.63) is 71.5 Å². The number of halogens is 3. The van der Waals surface area contributed by atoms with Gasteiger partial charge in [0.2, 0.25) is 15.8 Å². The number of anilines is 1. The van der Waals surface area contributed by atoms with Gasteiger partial charge >= 0.3 is 6.18 Å². The molecule has 4 aromatic rings. The molecule has 8 nitrogen and oxygen atoms in total. The molecule has 34 heavy (non-hydrogen) atoms. The molecule has 0 atom stereocenters. The van der Waals surface area contributed by atoms with E-state index in [9.17, 15) is 21.6 Å². The predicted octanol–water partition coefficient (Wildman–Crippen LogP) is 4.31. The number of alkyl halides is 3. The van der Waals surface area contributed by atoms with Gasteiger partial charge in [-0.15, -0.1) is 0 Å². The van der Waals surface area contributed by atoms with Gasteiger partial charge in [0.05, 0.1) is 29.3 Å². The van der Waals surface area contributed by atoms with Crippen LogP contribution >= 0.6 is 0 Å². The van der Waals surface area contributed by atoms with E-state index < -0.39 is 21.8 Å². The van der Waals surface area contributed by atoms with Crippen LogP contribution < -0.4 is 4.72 Å². The fraction of sp³-hybridized carbons (Fsp3) is 0.227. The lowest BCUT2D eigenvalue weighted by Crippen LogP contribution is -2.09. The van der Waals surface area contributed by atoms with Crippen LogP contribution in [0, 0.1) is 0 Å². The molecule has 2 aromatic carbocycles. The van der Waals surface area contributed by atoms with Gasteiger partial charge in [-0.05, 0) is 42.7 Å². The van der Waals surface area contributed by atoms with Crippen molar-refractivity contribution in [1.82, 2.24) is 19.9 Å². The van der Waals surface area contributed by atoms with Crippen molar-refractivity contribution in [1.29, 1.82) is 0 Å². The molecule has 0 saturated heterocycles. The molecule has 0 aliphatic carbocycles. The van der Waals surface area contributed by atoms with Crippen LogP contribution in [0.5, 0.6) is 0 Å². The second-order valence-corrected chi connectivity index (χ2v) is 9.45. The Hall–Kier alpha value is -3.67. The monoisotopic (exact) mass is 491 g/mol. The first-order valence-electron chi connectivity index (χ1n) is 10.1. The molecule has 0 radical (unpaired) electrons. The summed E-state index contributed by atoms with van der Waals surface area (Å²) in [6.45, 7) is 0. The second kappa shape index (κ2) is 8.93. The topological polar surface area (TPSA) is 103 Å². The molecule has 0 aliphatic rings. The average molecular weight is 491 g/mol. The molecule has 0 amide bonds. The van der Waals surface area contributed by atoms with Crippen LogP contribution in [0.25, 0.3) is 22.8 Å². The molecule has 0 saturated carbocycles. The summed E-state index contributed by atoms with van der Waals surface area (Å²) in [4.78, 5) is 4.42. The quantitative estimate of drug-likeness (QED) is 0.413. The molecular weight excluding hydrogens is 471 g/mol. The molecular formula is C22H20F3N5O3S.